The average molecular weight is 545 g/mol. The quantitative estimate of drug-likeness (QED) is 0.521. The van der Waals surface area contributed by atoms with Gasteiger partial charge in [0.2, 0.25) is 21.8 Å². The molecular formula is C22H27BrClN3O4S. The van der Waals surface area contributed by atoms with Crippen molar-refractivity contribution >= 4 is 55.1 Å². The van der Waals surface area contributed by atoms with E-state index in [1.54, 1.807) is 56.3 Å². The van der Waals surface area contributed by atoms with Crippen molar-refractivity contribution in [2.75, 3.05) is 23.7 Å². The third-order valence-electron chi connectivity index (χ3n) is 4.93. The van der Waals surface area contributed by atoms with Crippen molar-refractivity contribution in [1.82, 2.24) is 10.2 Å². The number of halogens is 2. The van der Waals surface area contributed by atoms with Crippen LogP contribution in [0.5, 0.6) is 0 Å². The normalized spacial score (nSPS) is 12.2. The number of amides is 2. The Morgan fingerprint density at radius 1 is 1.19 bits per heavy atom. The van der Waals surface area contributed by atoms with Gasteiger partial charge in [0.05, 0.1) is 11.9 Å². The van der Waals surface area contributed by atoms with E-state index in [4.69, 9.17) is 11.6 Å². The van der Waals surface area contributed by atoms with Crippen LogP contribution in [0.25, 0.3) is 0 Å². The third-order valence-corrected chi connectivity index (χ3v) is 7.32. The number of carbonyl (C=O) groups is 2. The van der Waals surface area contributed by atoms with Gasteiger partial charge in [0.25, 0.3) is 0 Å². The van der Waals surface area contributed by atoms with E-state index < -0.39 is 28.5 Å². The van der Waals surface area contributed by atoms with Crippen LogP contribution in [-0.2, 0) is 26.2 Å². The molecule has 2 aromatic carbocycles. The molecule has 2 amide bonds. The predicted octanol–water partition coefficient (Wildman–Crippen LogP) is 3.73. The van der Waals surface area contributed by atoms with E-state index in [2.05, 4.69) is 21.2 Å². The van der Waals surface area contributed by atoms with Crippen molar-refractivity contribution in [1.29, 1.82) is 0 Å². The number of benzene rings is 2. The fraction of sp³-hybridized carbons (Fsp3) is 0.364. The van der Waals surface area contributed by atoms with Crippen LogP contribution in [0, 0.1) is 6.92 Å². The first-order valence-corrected chi connectivity index (χ1v) is 13.0. The Morgan fingerprint density at radius 3 is 2.41 bits per heavy atom. The molecule has 174 valence electrons. The fourth-order valence-electron chi connectivity index (χ4n) is 3.11. The lowest BCUT2D eigenvalue weighted by molar-refractivity contribution is -0.139. The monoisotopic (exact) mass is 543 g/mol. The second-order valence-corrected chi connectivity index (χ2v) is 10.6. The Morgan fingerprint density at radius 2 is 1.84 bits per heavy atom. The molecule has 0 heterocycles. The smallest absolute Gasteiger partial charge is 0.244 e. The van der Waals surface area contributed by atoms with Gasteiger partial charge in [0.1, 0.15) is 12.6 Å². The summed E-state index contributed by atoms with van der Waals surface area (Å²) in [6.45, 7) is 5.24. The zero-order valence-electron chi connectivity index (χ0n) is 18.4. The number of rotatable bonds is 9. The highest BCUT2D eigenvalue weighted by Crippen LogP contribution is 2.25. The highest BCUT2D eigenvalue weighted by atomic mass is 79.9. The van der Waals surface area contributed by atoms with E-state index in [1.165, 1.54) is 4.90 Å². The average Bonchev–Trinajstić information content (AvgIpc) is 2.72. The standard InChI is InChI=1S/C22H27BrClN3O4S/c1-5-25-22(29)16(3)26(13-17-8-6-7-9-20(17)24)21(28)14-27(32(4,30)31)18-10-11-19(23)15(2)12-18/h6-12,16H,5,13-14H2,1-4H3,(H,25,29). The molecule has 10 heteroatoms. The molecule has 0 fully saturated rings. The molecule has 0 aliphatic rings. The summed E-state index contributed by atoms with van der Waals surface area (Å²) in [6.07, 6.45) is 1.04. The topological polar surface area (TPSA) is 86.8 Å². The lowest BCUT2D eigenvalue weighted by atomic mass is 10.1. The van der Waals surface area contributed by atoms with Crippen LogP contribution >= 0.6 is 27.5 Å². The maximum atomic E-state index is 13.4. The second-order valence-electron chi connectivity index (χ2n) is 7.39. The van der Waals surface area contributed by atoms with Crippen molar-refractivity contribution in [3.05, 3.63) is 63.1 Å². The fourth-order valence-corrected chi connectivity index (χ4v) is 4.40. The number of anilines is 1. The van der Waals surface area contributed by atoms with E-state index >= 15 is 0 Å². The summed E-state index contributed by atoms with van der Waals surface area (Å²) < 4.78 is 27.0. The Labute approximate surface area is 202 Å². The van der Waals surface area contributed by atoms with Gasteiger partial charge >= 0.3 is 0 Å². The number of aryl methyl sites for hydroxylation is 1. The van der Waals surface area contributed by atoms with Gasteiger partial charge in [0.15, 0.2) is 0 Å². The van der Waals surface area contributed by atoms with Crippen LogP contribution in [0.4, 0.5) is 5.69 Å². The lowest BCUT2D eigenvalue weighted by Gasteiger charge is -2.31. The van der Waals surface area contributed by atoms with Gasteiger partial charge in [-0.15, -0.1) is 0 Å². The largest absolute Gasteiger partial charge is 0.355 e. The summed E-state index contributed by atoms with van der Waals surface area (Å²) in [5, 5.41) is 3.16. The van der Waals surface area contributed by atoms with Gasteiger partial charge in [0, 0.05) is 22.6 Å². The maximum absolute atomic E-state index is 13.4. The predicted molar refractivity (Wildman–Crippen MR) is 131 cm³/mol. The minimum absolute atomic E-state index is 0.0633. The molecule has 1 atom stereocenters. The van der Waals surface area contributed by atoms with Gasteiger partial charge < -0.3 is 10.2 Å². The van der Waals surface area contributed by atoms with Crippen molar-refractivity contribution in [3.63, 3.8) is 0 Å². The van der Waals surface area contributed by atoms with E-state index in [0.717, 1.165) is 20.6 Å². The number of hydrogen-bond acceptors (Lipinski definition) is 4. The molecule has 2 rings (SSSR count). The van der Waals surface area contributed by atoms with Crippen LogP contribution < -0.4 is 9.62 Å². The summed E-state index contributed by atoms with van der Waals surface area (Å²) in [5.41, 5.74) is 1.85. The molecule has 0 bridgehead atoms. The molecule has 0 aliphatic heterocycles. The van der Waals surface area contributed by atoms with Crippen LogP contribution in [0.1, 0.15) is 25.0 Å². The van der Waals surface area contributed by atoms with Crippen molar-refractivity contribution < 1.29 is 18.0 Å². The van der Waals surface area contributed by atoms with Crippen molar-refractivity contribution in [3.8, 4) is 0 Å². The van der Waals surface area contributed by atoms with Gasteiger partial charge in [-0.05, 0) is 56.2 Å². The molecule has 1 N–H and O–H groups in total. The van der Waals surface area contributed by atoms with Crippen LogP contribution in [0.3, 0.4) is 0 Å². The summed E-state index contributed by atoms with van der Waals surface area (Å²) in [6, 6.07) is 11.2. The number of likely N-dealkylation sites (N-methyl/N-ethyl adjacent to an activating group) is 1. The summed E-state index contributed by atoms with van der Waals surface area (Å²) >= 11 is 9.67. The highest BCUT2D eigenvalue weighted by Gasteiger charge is 2.30. The minimum Gasteiger partial charge on any atom is -0.355 e. The van der Waals surface area contributed by atoms with Crippen LogP contribution in [0.15, 0.2) is 46.9 Å². The minimum atomic E-state index is -3.77. The second kappa shape index (κ2) is 11.2. The van der Waals surface area contributed by atoms with Gasteiger partial charge in [-0.3, -0.25) is 13.9 Å². The van der Waals surface area contributed by atoms with Crippen molar-refractivity contribution in [2.24, 2.45) is 0 Å². The third kappa shape index (κ3) is 6.70. The first kappa shape index (κ1) is 26.2. The van der Waals surface area contributed by atoms with Gasteiger partial charge in [-0.1, -0.05) is 45.7 Å². The summed E-state index contributed by atoms with van der Waals surface area (Å²) in [4.78, 5) is 27.2. The molecule has 32 heavy (non-hydrogen) atoms. The molecule has 2 aromatic rings. The first-order chi connectivity index (χ1) is 15.0. The zero-order chi connectivity index (χ0) is 24.1. The molecular weight excluding hydrogens is 518 g/mol. The Balaban J connectivity index is 2.42. The molecule has 1 unspecified atom stereocenters. The van der Waals surface area contributed by atoms with Gasteiger partial charge in [-0.25, -0.2) is 8.42 Å². The molecule has 0 aliphatic carbocycles. The highest BCUT2D eigenvalue weighted by molar-refractivity contribution is 9.10. The maximum Gasteiger partial charge on any atom is 0.244 e. The van der Waals surface area contributed by atoms with E-state index in [-0.39, 0.29) is 12.5 Å². The number of sulfonamides is 1. The molecule has 0 aromatic heterocycles. The molecule has 0 saturated carbocycles. The van der Waals surface area contributed by atoms with Crippen LogP contribution in [-0.4, -0.2) is 50.5 Å². The first-order valence-electron chi connectivity index (χ1n) is 10.00. The summed E-state index contributed by atoms with van der Waals surface area (Å²) in [5.74, 6) is -0.854. The van der Waals surface area contributed by atoms with Crippen molar-refractivity contribution in [2.45, 2.75) is 33.4 Å². The Bertz CT molecular complexity index is 1090. The zero-order valence-corrected chi connectivity index (χ0v) is 21.6. The molecule has 7 nitrogen and oxygen atoms in total. The molecule has 0 radical (unpaired) electrons. The number of hydrogen-bond donors (Lipinski definition) is 1. The lowest BCUT2D eigenvalue weighted by Crippen LogP contribution is -2.51. The Hall–Kier alpha value is -2.10. The number of nitrogens with zero attached hydrogens (tertiary/aromatic N) is 2. The number of nitrogens with one attached hydrogen (secondary N) is 1. The molecule has 0 saturated heterocycles. The molecule has 0 spiro atoms. The van der Waals surface area contributed by atoms with E-state index in [9.17, 15) is 18.0 Å². The van der Waals surface area contributed by atoms with E-state index in [1.807, 2.05) is 6.92 Å². The summed E-state index contributed by atoms with van der Waals surface area (Å²) in [7, 11) is -3.77. The number of carbonyl (C=O) groups excluding carboxylic acids is 2. The van der Waals surface area contributed by atoms with Crippen LogP contribution in [0.2, 0.25) is 5.02 Å². The van der Waals surface area contributed by atoms with Gasteiger partial charge in [-0.2, -0.15) is 0 Å². The van der Waals surface area contributed by atoms with E-state index in [0.29, 0.717) is 22.8 Å². The SMILES string of the molecule is CCNC(=O)C(C)N(Cc1ccccc1Cl)C(=O)CN(c1ccc(Br)c(C)c1)S(C)(=O)=O. The Kier molecular flexibility index (Phi) is 9.12.